The van der Waals surface area contributed by atoms with E-state index in [2.05, 4.69) is 31.0 Å². The summed E-state index contributed by atoms with van der Waals surface area (Å²) in [4.78, 5) is 19.3. The van der Waals surface area contributed by atoms with Gasteiger partial charge in [0.25, 0.3) is 5.91 Å². The summed E-state index contributed by atoms with van der Waals surface area (Å²) >= 11 is 1.37. The maximum atomic E-state index is 12.7. The molecule has 0 fully saturated rings. The van der Waals surface area contributed by atoms with Crippen molar-refractivity contribution >= 4 is 17.2 Å². The normalized spacial score (nSPS) is 12.2. The Morgan fingerprint density at radius 2 is 2.14 bits per heavy atom. The number of carbonyl (C=O) groups excluding carboxylic acids is 1. The fourth-order valence-corrected chi connectivity index (χ4v) is 3.12. The summed E-state index contributed by atoms with van der Waals surface area (Å²) in [6, 6.07) is 8.41. The molecule has 0 radical (unpaired) electrons. The summed E-state index contributed by atoms with van der Waals surface area (Å²) in [6.45, 7) is 4.54. The summed E-state index contributed by atoms with van der Waals surface area (Å²) in [6.07, 6.45) is 0.841. The van der Waals surface area contributed by atoms with E-state index in [0.717, 1.165) is 6.42 Å². The highest BCUT2D eigenvalue weighted by Crippen LogP contribution is 2.19. The molecular weight excluding hydrogens is 296 g/mol. The van der Waals surface area contributed by atoms with Gasteiger partial charge in [0.05, 0.1) is 17.8 Å². The lowest BCUT2D eigenvalue weighted by atomic mass is 10.0. The van der Waals surface area contributed by atoms with Crippen molar-refractivity contribution in [2.45, 2.75) is 32.9 Å². The van der Waals surface area contributed by atoms with Crippen LogP contribution in [0.3, 0.4) is 0 Å². The van der Waals surface area contributed by atoms with Crippen LogP contribution in [0.1, 0.15) is 33.4 Å². The SMILES string of the molecule is COCc1ncsc1C(=O)N(C)[C@@H](C)Cc1ccccc1C. The van der Waals surface area contributed by atoms with Gasteiger partial charge in [0.2, 0.25) is 0 Å². The molecule has 1 atom stereocenters. The highest BCUT2D eigenvalue weighted by atomic mass is 32.1. The number of aromatic nitrogens is 1. The lowest BCUT2D eigenvalue weighted by Crippen LogP contribution is -2.36. The van der Waals surface area contributed by atoms with Crippen LogP contribution in [0.4, 0.5) is 0 Å². The number of benzene rings is 1. The Hall–Kier alpha value is -1.72. The second-order valence-corrected chi connectivity index (χ2v) is 6.31. The van der Waals surface area contributed by atoms with Gasteiger partial charge in [-0.25, -0.2) is 4.98 Å². The summed E-state index contributed by atoms with van der Waals surface area (Å²) in [7, 11) is 3.46. The third-order valence-corrected chi connectivity index (χ3v) is 4.73. The number of aryl methyl sites for hydroxylation is 1. The van der Waals surface area contributed by atoms with Gasteiger partial charge in [-0.3, -0.25) is 4.79 Å². The molecule has 1 aromatic carbocycles. The molecule has 0 N–H and O–H groups in total. The van der Waals surface area contributed by atoms with E-state index in [1.165, 1.54) is 22.5 Å². The second kappa shape index (κ2) is 7.51. The van der Waals surface area contributed by atoms with Gasteiger partial charge in [-0.05, 0) is 31.4 Å². The molecule has 1 amide bonds. The van der Waals surface area contributed by atoms with Crippen molar-refractivity contribution in [3.05, 3.63) is 51.5 Å². The van der Waals surface area contributed by atoms with Gasteiger partial charge < -0.3 is 9.64 Å². The van der Waals surface area contributed by atoms with Gasteiger partial charge in [-0.15, -0.1) is 11.3 Å². The summed E-state index contributed by atoms with van der Waals surface area (Å²) in [5.74, 6) is 0.00985. The number of thiazole rings is 1. The zero-order valence-electron chi connectivity index (χ0n) is 13.5. The van der Waals surface area contributed by atoms with Crippen LogP contribution in [0, 0.1) is 6.92 Å². The number of methoxy groups -OCH3 is 1. The van der Waals surface area contributed by atoms with Gasteiger partial charge in [0.1, 0.15) is 4.88 Å². The molecule has 2 aromatic rings. The molecule has 0 unspecified atom stereocenters. The Labute approximate surface area is 135 Å². The number of nitrogens with zero attached hydrogens (tertiary/aromatic N) is 2. The number of hydrogen-bond acceptors (Lipinski definition) is 4. The molecular formula is C17H22N2O2S. The first-order chi connectivity index (χ1) is 10.5. The molecule has 1 aromatic heterocycles. The fraction of sp³-hybridized carbons (Fsp3) is 0.412. The van der Waals surface area contributed by atoms with E-state index in [9.17, 15) is 4.79 Å². The van der Waals surface area contributed by atoms with E-state index >= 15 is 0 Å². The van der Waals surface area contributed by atoms with Crippen molar-refractivity contribution in [3.8, 4) is 0 Å². The van der Waals surface area contributed by atoms with Crippen LogP contribution in [0.25, 0.3) is 0 Å². The third-order valence-electron chi connectivity index (χ3n) is 3.87. The molecule has 5 heteroatoms. The first-order valence-corrected chi connectivity index (χ1v) is 8.15. The van der Waals surface area contributed by atoms with E-state index in [1.54, 1.807) is 17.5 Å². The molecule has 2 rings (SSSR count). The quantitative estimate of drug-likeness (QED) is 0.820. The Bertz CT molecular complexity index is 639. The number of rotatable bonds is 6. The van der Waals surface area contributed by atoms with Crippen LogP contribution in [-0.4, -0.2) is 36.0 Å². The Morgan fingerprint density at radius 3 is 2.82 bits per heavy atom. The lowest BCUT2D eigenvalue weighted by molar-refractivity contribution is 0.0743. The smallest absolute Gasteiger partial charge is 0.265 e. The number of hydrogen-bond donors (Lipinski definition) is 0. The van der Waals surface area contributed by atoms with Gasteiger partial charge in [0, 0.05) is 20.2 Å². The van der Waals surface area contributed by atoms with Crippen LogP contribution in [-0.2, 0) is 17.8 Å². The minimum Gasteiger partial charge on any atom is -0.378 e. The van der Waals surface area contributed by atoms with Crippen LogP contribution in [0.15, 0.2) is 29.8 Å². The molecule has 0 saturated carbocycles. The molecule has 4 nitrogen and oxygen atoms in total. The van der Waals surface area contributed by atoms with Crippen LogP contribution < -0.4 is 0 Å². The van der Waals surface area contributed by atoms with Crippen molar-refractivity contribution in [3.63, 3.8) is 0 Å². The van der Waals surface area contributed by atoms with Gasteiger partial charge in [-0.2, -0.15) is 0 Å². The monoisotopic (exact) mass is 318 g/mol. The second-order valence-electron chi connectivity index (χ2n) is 5.46. The molecule has 0 spiro atoms. The van der Waals surface area contributed by atoms with E-state index in [0.29, 0.717) is 17.2 Å². The fourth-order valence-electron chi connectivity index (χ4n) is 2.34. The molecule has 0 saturated heterocycles. The van der Waals surface area contributed by atoms with Crippen molar-refractivity contribution < 1.29 is 9.53 Å². The highest BCUT2D eigenvalue weighted by molar-refractivity contribution is 7.11. The average molecular weight is 318 g/mol. The number of amides is 1. The van der Waals surface area contributed by atoms with Gasteiger partial charge in [0.15, 0.2) is 0 Å². The highest BCUT2D eigenvalue weighted by Gasteiger charge is 2.22. The Kier molecular flexibility index (Phi) is 5.69. The van der Waals surface area contributed by atoms with Crippen molar-refractivity contribution in [2.75, 3.05) is 14.2 Å². The molecule has 0 aliphatic rings. The summed E-state index contributed by atoms with van der Waals surface area (Å²) in [5.41, 5.74) is 4.94. The molecule has 1 heterocycles. The average Bonchev–Trinajstić information content (AvgIpc) is 2.96. The van der Waals surface area contributed by atoms with Crippen molar-refractivity contribution in [1.29, 1.82) is 0 Å². The Morgan fingerprint density at radius 1 is 1.41 bits per heavy atom. The zero-order valence-corrected chi connectivity index (χ0v) is 14.3. The number of carbonyl (C=O) groups is 1. The predicted octanol–water partition coefficient (Wildman–Crippen LogP) is 3.30. The molecule has 0 aliphatic carbocycles. The first kappa shape index (κ1) is 16.6. The van der Waals surface area contributed by atoms with E-state index < -0.39 is 0 Å². The molecule has 0 aliphatic heterocycles. The van der Waals surface area contributed by atoms with Crippen molar-refractivity contribution in [1.82, 2.24) is 9.88 Å². The van der Waals surface area contributed by atoms with Gasteiger partial charge >= 0.3 is 0 Å². The van der Waals surface area contributed by atoms with Crippen LogP contribution in [0.2, 0.25) is 0 Å². The Balaban J connectivity index is 2.09. The van der Waals surface area contributed by atoms with Crippen LogP contribution >= 0.6 is 11.3 Å². The minimum absolute atomic E-state index is 0.00985. The minimum atomic E-state index is 0.00985. The standard InChI is InChI=1S/C17H22N2O2S/c1-12-7-5-6-8-14(12)9-13(2)19(3)17(20)16-15(10-21-4)18-11-22-16/h5-8,11,13H,9-10H2,1-4H3/t13-/m0/s1. The molecule has 22 heavy (non-hydrogen) atoms. The topological polar surface area (TPSA) is 42.4 Å². The van der Waals surface area contributed by atoms with Gasteiger partial charge in [-0.1, -0.05) is 24.3 Å². The van der Waals surface area contributed by atoms with Crippen molar-refractivity contribution in [2.24, 2.45) is 0 Å². The first-order valence-electron chi connectivity index (χ1n) is 7.27. The number of ether oxygens (including phenoxy) is 1. The summed E-state index contributed by atoms with van der Waals surface area (Å²) in [5, 5.41) is 0. The maximum Gasteiger partial charge on any atom is 0.265 e. The molecule has 0 bridgehead atoms. The number of likely N-dealkylation sites (N-methyl/N-ethyl adjacent to an activating group) is 1. The largest absolute Gasteiger partial charge is 0.378 e. The lowest BCUT2D eigenvalue weighted by Gasteiger charge is -2.25. The molecule has 118 valence electrons. The third kappa shape index (κ3) is 3.72. The van der Waals surface area contributed by atoms with E-state index in [4.69, 9.17) is 4.74 Å². The zero-order chi connectivity index (χ0) is 16.1. The van der Waals surface area contributed by atoms with Crippen LogP contribution in [0.5, 0.6) is 0 Å². The van der Waals surface area contributed by atoms with E-state index in [1.807, 2.05) is 19.2 Å². The summed E-state index contributed by atoms with van der Waals surface area (Å²) < 4.78 is 5.10. The van der Waals surface area contributed by atoms with E-state index in [-0.39, 0.29) is 11.9 Å². The maximum absolute atomic E-state index is 12.7. The predicted molar refractivity (Wildman–Crippen MR) is 89.3 cm³/mol.